The maximum Gasteiger partial charge on any atom is 0.106 e. The molecule has 2 aromatic heterocycles. The topological polar surface area (TPSA) is 61.7 Å². The highest BCUT2D eigenvalue weighted by Crippen LogP contribution is 2.32. The summed E-state index contributed by atoms with van der Waals surface area (Å²) < 4.78 is 4.89. The molecule has 0 spiro atoms. The van der Waals surface area contributed by atoms with Gasteiger partial charge in [0.05, 0.1) is 26.9 Å². The molecule has 2 heterocycles. The zero-order valence-electron chi connectivity index (χ0n) is 11.7. The highest BCUT2D eigenvalue weighted by Gasteiger charge is 2.15. The fourth-order valence-electron chi connectivity index (χ4n) is 2.47. The van der Waals surface area contributed by atoms with Crippen LogP contribution in [0.4, 0.5) is 0 Å². The molecule has 0 aliphatic carbocycles. The van der Waals surface area contributed by atoms with Crippen molar-refractivity contribution >= 4 is 27.0 Å². The molecule has 6 heteroatoms. The van der Waals surface area contributed by atoms with Gasteiger partial charge in [0.2, 0.25) is 0 Å². The number of aryl methyl sites for hydroxylation is 3. The van der Waals surface area contributed by atoms with Gasteiger partial charge in [0.1, 0.15) is 5.82 Å². The first kappa shape index (κ1) is 13.3. The van der Waals surface area contributed by atoms with Crippen LogP contribution in [0.3, 0.4) is 0 Å². The smallest absolute Gasteiger partial charge is 0.106 e. The summed E-state index contributed by atoms with van der Waals surface area (Å²) in [6.45, 7) is 2.42. The Morgan fingerprint density at radius 2 is 2.05 bits per heavy atom. The molecule has 0 radical (unpaired) electrons. The Morgan fingerprint density at radius 3 is 2.70 bits per heavy atom. The molecule has 0 saturated heterocycles. The van der Waals surface area contributed by atoms with Crippen molar-refractivity contribution in [1.82, 2.24) is 19.3 Å². The van der Waals surface area contributed by atoms with Gasteiger partial charge in [-0.15, -0.1) is 0 Å². The number of benzene rings is 1. The van der Waals surface area contributed by atoms with E-state index in [0.29, 0.717) is 6.54 Å². The number of hydrogen-bond donors (Lipinski definition) is 1. The lowest BCUT2D eigenvalue weighted by molar-refractivity contribution is 0.749. The molecule has 0 atom stereocenters. The van der Waals surface area contributed by atoms with Crippen molar-refractivity contribution in [2.24, 2.45) is 19.8 Å². The summed E-state index contributed by atoms with van der Waals surface area (Å²) in [4.78, 5) is 4.58. The molecule has 3 aromatic rings. The molecule has 1 aromatic carbocycles. The molecule has 3 rings (SSSR count). The Bertz CT molecular complexity index is 800. The lowest BCUT2D eigenvalue weighted by Gasteiger charge is -2.04. The Labute approximate surface area is 125 Å². The number of rotatable bonds is 2. The van der Waals surface area contributed by atoms with Crippen LogP contribution in [0.5, 0.6) is 0 Å². The van der Waals surface area contributed by atoms with E-state index in [9.17, 15) is 0 Å². The number of imidazole rings is 1. The zero-order chi connectivity index (χ0) is 14.4. The molecule has 2 N–H and O–H groups in total. The van der Waals surface area contributed by atoms with Crippen LogP contribution in [0.1, 0.15) is 11.5 Å². The monoisotopic (exact) mass is 333 g/mol. The number of hydrogen-bond acceptors (Lipinski definition) is 3. The van der Waals surface area contributed by atoms with Crippen LogP contribution in [0.25, 0.3) is 22.3 Å². The molecule has 0 amide bonds. The van der Waals surface area contributed by atoms with Gasteiger partial charge in [-0.1, -0.05) is 6.07 Å². The summed E-state index contributed by atoms with van der Waals surface area (Å²) in [5.41, 5.74) is 10.8. The van der Waals surface area contributed by atoms with E-state index in [4.69, 9.17) is 5.73 Å². The Hall–Kier alpha value is -1.66. The van der Waals surface area contributed by atoms with Crippen LogP contribution < -0.4 is 5.73 Å². The fourth-order valence-corrected chi connectivity index (χ4v) is 3.19. The summed E-state index contributed by atoms with van der Waals surface area (Å²) in [5.74, 6) is 1.00. The van der Waals surface area contributed by atoms with Crippen LogP contribution >= 0.6 is 15.9 Å². The summed E-state index contributed by atoms with van der Waals surface area (Å²) in [5, 5.41) is 4.43. The normalized spacial score (nSPS) is 11.4. The van der Waals surface area contributed by atoms with E-state index in [0.717, 1.165) is 38.3 Å². The average molecular weight is 334 g/mol. The van der Waals surface area contributed by atoms with E-state index in [-0.39, 0.29) is 0 Å². The fraction of sp³-hybridized carbons (Fsp3) is 0.286. The first-order valence-corrected chi connectivity index (χ1v) is 7.17. The SMILES string of the molecule is Cc1nc2cc(-c3c(Br)c(CN)nn3C)ccc2n1C. The van der Waals surface area contributed by atoms with E-state index in [1.165, 1.54) is 0 Å². The van der Waals surface area contributed by atoms with Crippen molar-refractivity contribution in [2.75, 3.05) is 0 Å². The number of nitrogens with two attached hydrogens (primary N) is 1. The van der Waals surface area contributed by atoms with Crippen molar-refractivity contribution in [1.29, 1.82) is 0 Å². The number of fused-ring (bicyclic) bond motifs is 1. The third-order valence-corrected chi connectivity index (χ3v) is 4.46. The van der Waals surface area contributed by atoms with Gasteiger partial charge in [0.15, 0.2) is 0 Å². The molecular formula is C14H16BrN5. The van der Waals surface area contributed by atoms with E-state index >= 15 is 0 Å². The van der Waals surface area contributed by atoms with Gasteiger partial charge < -0.3 is 10.3 Å². The van der Waals surface area contributed by atoms with E-state index in [1.807, 2.05) is 25.7 Å². The van der Waals surface area contributed by atoms with Gasteiger partial charge in [0.25, 0.3) is 0 Å². The van der Waals surface area contributed by atoms with Crippen LogP contribution in [0.2, 0.25) is 0 Å². The molecule has 0 fully saturated rings. The number of halogens is 1. The minimum Gasteiger partial charge on any atom is -0.331 e. The maximum atomic E-state index is 5.70. The van der Waals surface area contributed by atoms with Crippen molar-refractivity contribution in [3.63, 3.8) is 0 Å². The Balaban J connectivity index is 2.22. The zero-order valence-corrected chi connectivity index (χ0v) is 13.3. The third kappa shape index (κ3) is 1.87. The molecule has 20 heavy (non-hydrogen) atoms. The summed E-state index contributed by atoms with van der Waals surface area (Å²) in [6, 6.07) is 6.27. The minimum absolute atomic E-state index is 0.416. The Kier molecular flexibility index (Phi) is 3.14. The lowest BCUT2D eigenvalue weighted by atomic mass is 10.1. The number of nitrogens with zero attached hydrogens (tertiary/aromatic N) is 4. The van der Waals surface area contributed by atoms with Gasteiger partial charge in [-0.05, 0) is 35.0 Å². The van der Waals surface area contributed by atoms with Crippen LogP contribution in [-0.4, -0.2) is 19.3 Å². The standard InChI is InChI=1S/C14H16BrN5/c1-8-17-10-6-9(4-5-12(10)19(8)2)14-13(15)11(7-16)18-20(14)3/h4-6H,7,16H2,1-3H3. The van der Waals surface area contributed by atoms with E-state index in [1.54, 1.807) is 0 Å². The third-order valence-electron chi connectivity index (χ3n) is 3.63. The maximum absolute atomic E-state index is 5.70. The van der Waals surface area contributed by atoms with E-state index in [2.05, 4.69) is 48.8 Å². The second-order valence-corrected chi connectivity index (χ2v) is 5.65. The van der Waals surface area contributed by atoms with Gasteiger partial charge in [0, 0.05) is 26.2 Å². The van der Waals surface area contributed by atoms with Gasteiger partial charge >= 0.3 is 0 Å². The second-order valence-electron chi connectivity index (χ2n) is 4.86. The van der Waals surface area contributed by atoms with Crippen molar-refractivity contribution in [2.45, 2.75) is 13.5 Å². The highest BCUT2D eigenvalue weighted by atomic mass is 79.9. The first-order valence-electron chi connectivity index (χ1n) is 6.37. The molecule has 5 nitrogen and oxygen atoms in total. The summed E-state index contributed by atoms with van der Waals surface area (Å²) in [7, 11) is 3.95. The van der Waals surface area contributed by atoms with E-state index < -0.39 is 0 Å². The quantitative estimate of drug-likeness (QED) is 0.783. The van der Waals surface area contributed by atoms with Crippen LogP contribution in [0, 0.1) is 6.92 Å². The molecule has 104 valence electrons. The largest absolute Gasteiger partial charge is 0.331 e. The molecule has 0 unspecified atom stereocenters. The van der Waals surface area contributed by atoms with Crippen molar-refractivity contribution < 1.29 is 0 Å². The molecular weight excluding hydrogens is 318 g/mol. The molecule has 0 saturated carbocycles. The van der Waals surface area contributed by atoms with Gasteiger partial charge in [-0.25, -0.2) is 4.98 Å². The predicted octanol–water partition coefficient (Wildman–Crippen LogP) is 2.50. The first-order chi connectivity index (χ1) is 9.52. The predicted molar refractivity (Wildman–Crippen MR) is 83.2 cm³/mol. The summed E-state index contributed by atoms with van der Waals surface area (Å²) >= 11 is 3.59. The van der Waals surface area contributed by atoms with Crippen LogP contribution in [0.15, 0.2) is 22.7 Å². The lowest BCUT2D eigenvalue weighted by Crippen LogP contribution is -1.99. The van der Waals surface area contributed by atoms with Crippen LogP contribution in [-0.2, 0) is 20.6 Å². The number of aromatic nitrogens is 4. The molecule has 0 bridgehead atoms. The molecule has 0 aliphatic heterocycles. The Morgan fingerprint density at radius 1 is 1.30 bits per heavy atom. The average Bonchev–Trinajstić information content (AvgIpc) is 2.87. The van der Waals surface area contributed by atoms with Gasteiger partial charge in [-0.2, -0.15) is 5.10 Å². The highest BCUT2D eigenvalue weighted by molar-refractivity contribution is 9.10. The van der Waals surface area contributed by atoms with Crippen molar-refractivity contribution in [3.8, 4) is 11.3 Å². The summed E-state index contributed by atoms with van der Waals surface area (Å²) in [6.07, 6.45) is 0. The van der Waals surface area contributed by atoms with Gasteiger partial charge in [-0.3, -0.25) is 4.68 Å². The molecule has 0 aliphatic rings. The second kappa shape index (κ2) is 4.71. The van der Waals surface area contributed by atoms with Crippen molar-refractivity contribution in [3.05, 3.63) is 34.2 Å². The minimum atomic E-state index is 0.416.